The van der Waals surface area contributed by atoms with Gasteiger partial charge in [-0.25, -0.2) is 0 Å². The summed E-state index contributed by atoms with van der Waals surface area (Å²) < 4.78 is 0. The minimum Gasteiger partial charge on any atom is -0.370 e. The number of rotatable bonds is 5. The van der Waals surface area contributed by atoms with Crippen LogP contribution in [0.5, 0.6) is 0 Å². The van der Waals surface area contributed by atoms with E-state index in [2.05, 4.69) is 14.5 Å². The molecule has 0 saturated heterocycles. The van der Waals surface area contributed by atoms with Gasteiger partial charge in [0.15, 0.2) is 0 Å². The molecule has 0 heterocycles. The lowest BCUT2D eigenvalue weighted by atomic mass is 10.1. The van der Waals surface area contributed by atoms with E-state index in [0.717, 1.165) is 0 Å². The Bertz CT molecular complexity index is 174. The number of hydrogen-bond donors (Lipinski definition) is 3. The lowest BCUT2D eigenvalue weighted by Gasteiger charge is -2.07. The summed E-state index contributed by atoms with van der Waals surface area (Å²) in [5, 5.41) is 2.34. The van der Waals surface area contributed by atoms with Crippen molar-refractivity contribution in [3.63, 3.8) is 0 Å². The summed E-state index contributed by atoms with van der Waals surface area (Å²) in [6.07, 6.45) is 1.30. The standard InChI is InChI=1S/C6H14N3O2P/c7-4(6(11)9-12)2-1-3-5(8)10/h4H,1-3,7,12H2,(H2,8,10)(H,9,11). The van der Waals surface area contributed by atoms with E-state index in [9.17, 15) is 9.59 Å². The Labute approximate surface area is 73.5 Å². The highest BCUT2D eigenvalue weighted by molar-refractivity contribution is 7.15. The van der Waals surface area contributed by atoms with E-state index in [0.29, 0.717) is 12.8 Å². The molecule has 0 aliphatic carbocycles. The molecular formula is C6H14N3O2P. The predicted octanol–water partition coefficient (Wildman–Crippen LogP) is -1.12. The number of nitrogens with two attached hydrogens (primary N) is 2. The number of nitrogens with one attached hydrogen (secondary N) is 1. The van der Waals surface area contributed by atoms with Gasteiger partial charge in [0.25, 0.3) is 0 Å². The summed E-state index contributed by atoms with van der Waals surface area (Å²) in [4.78, 5) is 21.1. The molecule has 6 heteroatoms. The molecule has 0 aliphatic heterocycles. The molecule has 2 amide bonds. The second-order valence-electron chi connectivity index (χ2n) is 2.47. The van der Waals surface area contributed by atoms with Gasteiger partial charge in [-0.3, -0.25) is 9.59 Å². The molecule has 0 radical (unpaired) electrons. The van der Waals surface area contributed by atoms with Crippen LogP contribution in [0.3, 0.4) is 0 Å². The first-order chi connectivity index (χ1) is 5.57. The Morgan fingerprint density at radius 2 is 2.08 bits per heavy atom. The average molecular weight is 191 g/mol. The monoisotopic (exact) mass is 191 g/mol. The number of amides is 2. The van der Waals surface area contributed by atoms with Gasteiger partial charge in [-0.2, -0.15) is 0 Å². The minimum absolute atomic E-state index is 0.246. The van der Waals surface area contributed by atoms with E-state index in [1.54, 1.807) is 0 Å². The Balaban J connectivity index is 3.50. The Kier molecular flexibility index (Phi) is 5.58. The first-order valence-corrected chi connectivity index (χ1v) is 4.20. The molecule has 0 aromatic heterocycles. The summed E-state index contributed by atoms with van der Waals surface area (Å²) in [5.74, 6) is -0.613. The summed E-state index contributed by atoms with van der Waals surface area (Å²) in [6.45, 7) is 0. The molecule has 0 bridgehead atoms. The molecule has 70 valence electrons. The lowest BCUT2D eigenvalue weighted by Crippen LogP contribution is -2.36. The van der Waals surface area contributed by atoms with Crippen LogP contribution in [-0.4, -0.2) is 17.9 Å². The van der Waals surface area contributed by atoms with Gasteiger partial charge in [-0.1, -0.05) is 0 Å². The van der Waals surface area contributed by atoms with E-state index < -0.39 is 6.04 Å². The van der Waals surface area contributed by atoms with Crippen molar-refractivity contribution in [1.82, 2.24) is 5.09 Å². The van der Waals surface area contributed by atoms with Crippen molar-refractivity contribution in [2.45, 2.75) is 25.3 Å². The maximum Gasteiger partial charge on any atom is 0.239 e. The quantitative estimate of drug-likeness (QED) is 0.480. The largest absolute Gasteiger partial charge is 0.370 e. The summed E-state index contributed by atoms with van der Waals surface area (Å²) in [7, 11) is 2.08. The van der Waals surface area contributed by atoms with Crippen LogP contribution in [0, 0.1) is 0 Å². The molecule has 0 fully saturated rings. The van der Waals surface area contributed by atoms with Crippen molar-refractivity contribution in [2.24, 2.45) is 11.5 Å². The fraction of sp³-hybridized carbons (Fsp3) is 0.667. The third-order valence-corrected chi connectivity index (χ3v) is 1.70. The Hall–Kier alpha value is -0.670. The van der Waals surface area contributed by atoms with Crippen LogP contribution in [0.25, 0.3) is 0 Å². The fourth-order valence-corrected chi connectivity index (χ4v) is 0.948. The van der Waals surface area contributed by atoms with Gasteiger partial charge in [0.2, 0.25) is 11.8 Å². The molecule has 2 atom stereocenters. The van der Waals surface area contributed by atoms with E-state index in [1.807, 2.05) is 0 Å². The molecule has 2 unspecified atom stereocenters. The minimum atomic E-state index is -0.554. The zero-order chi connectivity index (χ0) is 9.56. The van der Waals surface area contributed by atoms with Crippen LogP contribution in [0.2, 0.25) is 0 Å². The van der Waals surface area contributed by atoms with Crippen molar-refractivity contribution in [3.8, 4) is 0 Å². The first-order valence-electron chi connectivity index (χ1n) is 3.62. The second-order valence-corrected chi connectivity index (χ2v) is 2.76. The number of carbonyl (C=O) groups is 2. The average Bonchev–Trinajstić information content (AvgIpc) is 2.02. The molecule has 12 heavy (non-hydrogen) atoms. The number of primary amides is 1. The van der Waals surface area contributed by atoms with Gasteiger partial charge in [0.1, 0.15) is 0 Å². The van der Waals surface area contributed by atoms with Gasteiger partial charge < -0.3 is 16.6 Å². The van der Waals surface area contributed by atoms with Crippen molar-refractivity contribution < 1.29 is 9.59 Å². The van der Waals surface area contributed by atoms with Gasteiger partial charge in [-0.15, -0.1) is 0 Å². The van der Waals surface area contributed by atoms with E-state index in [-0.39, 0.29) is 18.2 Å². The van der Waals surface area contributed by atoms with E-state index in [4.69, 9.17) is 11.5 Å². The van der Waals surface area contributed by atoms with Crippen LogP contribution in [-0.2, 0) is 9.59 Å². The molecular weight excluding hydrogens is 177 g/mol. The van der Waals surface area contributed by atoms with Gasteiger partial charge in [0.05, 0.1) is 6.04 Å². The van der Waals surface area contributed by atoms with Gasteiger partial charge >= 0.3 is 0 Å². The maximum atomic E-state index is 10.8. The van der Waals surface area contributed by atoms with E-state index >= 15 is 0 Å². The van der Waals surface area contributed by atoms with Crippen molar-refractivity contribution in [3.05, 3.63) is 0 Å². The lowest BCUT2D eigenvalue weighted by molar-refractivity contribution is -0.121. The molecule has 0 saturated carbocycles. The molecule has 0 rings (SSSR count). The number of hydrogen-bond acceptors (Lipinski definition) is 3. The van der Waals surface area contributed by atoms with Gasteiger partial charge in [0, 0.05) is 6.42 Å². The third kappa shape index (κ3) is 5.04. The normalized spacial score (nSPS) is 12.2. The molecule has 0 aliphatic rings. The number of carbonyl (C=O) groups excluding carboxylic acids is 2. The SMILES string of the molecule is NC(=O)CCCC(N)C(=O)NP. The van der Waals surface area contributed by atoms with Gasteiger partial charge in [-0.05, 0) is 22.2 Å². The summed E-state index contributed by atoms with van der Waals surface area (Å²) in [5.41, 5.74) is 10.3. The molecule has 5 nitrogen and oxygen atoms in total. The van der Waals surface area contributed by atoms with Crippen LogP contribution < -0.4 is 16.6 Å². The van der Waals surface area contributed by atoms with Crippen LogP contribution in [0.15, 0.2) is 0 Å². The molecule has 0 aromatic carbocycles. The van der Waals surface area contributed by atoms with E-state index in [1.165, 1.54) is 0 Å². The summed E-state index contributed by atoms with van der Waals surface area (Å²) in [6, 6.07) is -0.554. The zero-order valence-electron chi connectivity index (χ0n) is 6.75. The summed E-state index contributed by atoms with van der Waals surface area (Å²) >= 11 is 0. The Morgan fingerprint density at radius 1 is 1.50 bits per heavy atom. The second kappa shape index (κ2) is 5.91. The predicted molar refractivity (Wildman–Crippen MR) is 48.9 cm³/mol. The van der Waals surface area contributed by atoms with Crippen molar-refractivity contribution >= 4 is 21.2 Å². The van der Waals surface area contributed by atoms with Crippen LogP contribution in [0.1, 0.15) is 19.3 Å². The van der Waals surface area contributed by atoms with Crippen molar-refractivity contribution in [2.75, 3.05) is 0 Å². The Morgan fingerprint density at radius 3 is 2.50 bits per heavy atom. The molecule has 5 N–H and O–H groups in total. The van der Waals surface area contributed by atoms with Crippen LogP contribution >= 0.6 is 9.39 Å². The first kappa shape index (κ1) is 11.3. The van der Waals surface area contributed by atoms with Crippen LogP contribution in [0.4, 0.5) is 0 Å². The third-order valence-electron chi connectivity index (χ3n) is 1.42. The molecule has 0 spiro atoms. The highest BCUT2D eigenvalue weighted by atomic mass is 31.0. The zero-order valence-corrected chi connectivity index (χ0v) is 7.90. The topological polar surface area (TPSA) is 98.2 Å². The highest BCUT2D eigenvalue weighted by Gasteiger charge is 2.10. The fourth-order valence-electron chi connectivity index (χ4n) is 0.734. The smallest absolute Gasteiger partial charge is 0.239 e. The molecule has 0 aromatic rings. The maximum absolute atomic E-state index is 10.8. The van der Waals surface area contributed by atoms with Crippen molar-refractivity contribution in [1.29, 1.82) is 0 Å². The highest BCUT2D eigenvalue weighted by Crippen LogP contribution is 1.98.